The summed E-state index contributed by atoms with van der Waals surface area (Å²) in [6.45, 7) is 17.6. The van der Waals surface area contributed by atoms with Gasteiger partial charge in [0.05, 0.1) is 22.8 Å². The molecule has 0 amide bonds. The summed E-state index contributed by atoms with van der Waals surface area (Å²) in [6.07, 6.45) is 6.29. The lowest BCUT2D eigenvalue weighted by molar-refractivity contribution is 0.195. The number of pyridine rings is 1. The van der Waals surface area contributed by atoms with Crippen LogP contribution in [0.3, 0.4) is 0 Å². The average Bonchev–Trinajstić information content (AvgIpc) is 3.53. The molecule has 4 atom stereocenters. The molecule has 0 aliphatic carbocycles. The number of H-pyrrole nitrogens is 1. The van der Waals surface area contributed by atoms with Crippen molar-refractivity contribution in [1.82, 2.24) is 24.7 Å². The number of aliphatic hydroxyl groups is 1. The Hall–Kier alpha value is -3.20. The van der Waals surface area contributed by atoms with Gasteiger partial charge in [-0.1, -0.05) is 51.1 Å². The van der Waals surface area contributed by atoms with E-state index in [9.17, 15) is 9.90 Å². The van der Waals surface area contributed by atoms with Crippen LogP contribution in [-0.4, -0.2) is 48.5 Å². The molecule has 36 heavy (non-hydrogen) atoms. The molecule has 9 nitrogen and oxygen atoms in total. The molecule has 0 bridgehead atoms. The number of allylic oxidation sites excluding steroid dienone is 3. The first kappa shape index (κ1) is 25.9. The molecule has 194 valence electrons. The second kappa shape index (κ2) is 10.4. The maximum absolute atomic E-state index is 11.6. The fourth-order valence-corrected chi connectivity index (χ4v) is 5.08. The van der Waals surface area contributed by atoms with Crippen LogP contribution in [0.25, 0.3) is 28.1 Å². The highest BCUT2D eigenvalue weighted by Crippen LogP contribution is 2.39. The van der Waals surface area contributed by atoms with Crippen molar-refractivity contribution in [3.8, 4) is 11.5 Å². The number of aromatic amines is 1. The molecular formula is C27H38N6O3. The highest BCUT2D eigenvalue weighted by molar-refractivity contribution is 5.94. The molecule has 3 aromatic heterocycles. The molecular weight excluding hydrogens is 456 g/mol. The van der Waals surface area contributed by atoms with Gasteiger partial charge in [-0.05, 0) is 57.1 Å². The van der Waals surface area contributed by atoms with Crippen LogP contribution in [0.15, 0.2) is 34.1 Å². The summed E-state index contributed by atoms with van der Waals surface area (Å²) in [6, 6.07) is 2.12. The Balaban J connectivity index is 1.99. The molecule has 0 aromatic carbocycles. The van der Waals surface area contributed by atoms with E-state index in [4.69, 9.17) is 14.5 Å². The van der Waals surface area contributed by atoms with Crippen LogP contribution < -0.4 is 10.7 Å². The first-order valence-electron chi connectivity index (χ1n) is 12.9. The lowest BCUT2D eigenvalue weighted by Crippen LogP contribution is -2.31. The van der Waals surface area contributed by atoms with Crippen molar-refractivity contribution in [2.24, 2.45) is 11.8 Å². The lowest BCUT2D eigenvalue weighted by atomic mass is 9.93. The van der Waals surface area contributed by atoms with E-state index < -0.39 is 11.9 Å². The fourth-order valence-electron chi connectivity index (χ4n) is 5.08. The number of anilines is 1. The molecule has 2 N–H and O–H groups in total. The van der Waals surface area contributed by atoms with E-state index in [0.717, 1.165) is 41.1 Å². The van der Waals surface area contributed by atoms with Gasteiger partial charge in [0.2, 0.25) is 11.8 Å². The van der Waals surface area contributed by atoms with E-state index in [0.29, 0.717) is 30.5 Å². The zero-order valence-corrected chi connectivity index (χ0v) is 22.2. The first-order chi connectivity index (χ1) is 17.1. The number of hydrogen-bond donors (Lipinski definition) is 2. The van der Waals surface area contributed by atoms with Gasteiger partial charge in [-0.2, -0.15) is 0 Å². The number of imidazole rings is 1. The third kappa shape index (κ3) is 4.89. The van der Waals surface area contributed by atoms with Crippen LogP contribution in [0.5, 0.6) is 0 Å². The highest BCUT2D eigenvalue weighted by Gasteiger charge is 2.34. The minimum Gasteiger partial charge on any atom is -0.391 e. The summed E-state index contributed by atoms with van der Waals surface area (Å²) in [5, 5.41) is 14.3. The van der Waals surface area contributed by atoms with Gasteiger partial charge in [-0.15, -0.1) is 0 Å². The molecule has 9 heteroatoms. The predicted molar refractivity (Wildman–Crippen MR) is 143 cm³/mol. The molecule has 1 saturated heterocycles. The molecule has 0 spiro atoms. The Morgan fingerprint density at radius 3 is 2.61 bits per heavy atom. The Kier molecular flexibility index (Phi) is 7.49. The van der Waals surface area contributed by atoms with Crippen molar-refractivity contribution in [3.05, 3.63) is 41.0 Å². The zero-order valence-electron chi connectivity index (χ0n) is 22.2. The summed E-state index contributed by atoms with van der Waals surface area (Å²) >= 11 is 0. The quantitative estimate of drug-likeness (QED) is 0.404. The van der Waals surface area contributed by atoms with Crippen molar-refractivity contribution in [1.29, 1.82) is 0 Å². The summed E-state index contributed by atoms with van der Waals surface area (Å²) < 4.78 is 7.03. The van der Waals surface area contributed by atoms with Crippen molar-refractivity contribution >= 4 is 22.6 Å². The van der Waals surface area contributed by atoms with Crippen molar-refractivity contribution in [3.63, 3.8) is 0 Å². The van der Waals surface area contributed by atoms with Gasteiger partial charge in [-0.3, -0.25) is 9.51 Å². The largest absolute Gasteiger partial charge is 0.439 e. The Morgan fingerprint density at radius 2 is 2.06 bits per heavy atom. The van der Waals surface area contributed by atoms with Crippen LogP contribution in [0, 0.1) is 11.8 Å². The Morgan fingerprint density at radius 1 is 1.31 bits per heavy atom. The summed E-state index contributed by atoms with van der Waals surface area (Å²) in [5.41, 5.74) is 3.70. The zero-order chi connectivity index (χ0) is 26.1. The van der Waals surface area contributed by atoms with Crippen molar-refractivity contribution < 1.29 is 9.63 Å². The standard InChI is InChI=1S/C27H38N6O3/c1-8-19(9-2)23-24-21(13-22(28-23)25-30-27(35)36-31-25)29-26(32-14-20(34)12-17(32)6)33(24)18(7)16(5)11-10-15(3)4/h8-9,13,15-18,20,34H,1,10-12,14H2,2-7H3,(H,30,31,35)/b19-9+. The molecule has 4 unspecified atom stereocenters. The van der Waals surface area contributed by atoms with Gasteiger partial charge < -0.3 is 14.6 Å². The smallest absolute Gasteiger partial charge is 0.391 e. The van der Waals surface area contributed by atoms with Crippen LogP contribution in [0.1, 0.15) is 72.5 Å². The summed E-state index contributed by atoms with van der Waals surface area (Å²) in [5.74, 6) is 1.46. The van der Waals surface area contributed by atoms with Crippen LogP contribution in [0.4, 0.5) is 5.95 Å². The van der Waals surface area contributed by atoms with Gasteiger partial charge in [0.25, 0.3) is 0 Å². The maximum atomic E-state index is 11.6. The SMILES string of the molecule is C=C/C(=C\C)c1nc(-c2noc(=O)[nH]2)cc2nc(N3CC(O)CC3C)n(C(C)C(C)CCC(C)C)c12. The molecule has 0 saturated carbocycles. The number of β-amino-alcohol motifs (C(OH)–C–C–N with tert-alkyl or cyclic N) is 1. The summed E-state index contributed by atoms with van der Waals surface area (Å²) in [7, 11) is 0. The molecule has 1 aliphatic heterocycles. The highest BCUT2D eigenvalue weighted by atomic mass is 16.5. The second-order valence-electron chi connectivity index (χ2n) is 10.5. The second-order valence-corrected chi connectivity index (χ2v) is 10.5. The molecule has 4 rings (SSSR count). The van der Waals surface area contributed by atoms with Gasteiger partial charge in [0, 0.05) is 18.6 Å². The topological polar surface area (TPSA) is 113 Å². The number of nitrogens with zero attached hydrogens (tertiary/aromatic N) is 5. The molecule has 0 radical (unpaired) electrons. The summed E-state index contributed by atoms with van der Waals surface area (Å²) in [4.78, 5) is 26.5. The third-order valence-corrected chi connectivity index (χ3v) is 7.38. The predicted octanol–water partition coefficient (Wildman–Crippen LogP) is 4.96. The average molecular weight is 495 g/mol. The number of fused-ring (bicyclic) bond motifs is 1. The van der Waals surface area contributed by atoms with E-state index in [-0.39, 0.29) is 17.9 Å². The molecule has 1 aliphatic rings. The number of aliphatic hydroxyl groups excluding tert-OH is 1. The van der Waals surface area contributed by atoms with E-state index in [1.54, 1.807) is 6.08 Å². The van der Waals surface area contributed by atoms with Gasteiger partial charge in [-0.25, -0.2) is 14.8 Å². The number of hydrogen-bond acceptors (Lipinski definition) is 7. The maximum Gasteiger partial charge on any atom is 0.439 e. The number of rotatable bonds is 9. The van der Waals surface area contributed by atoms with Gasteiger partial charge in [0.15, 0.2) is 0 Å². The van der Waals surface area contributed by atoms with Crippen molar-refractivity contribution in [2.45, 2.75) is 79.0 Å². The first-order valence-corrected chi connectivity index (χ1v) is 12.9. The van der Waals surface area contributed by atoms with Crippen LogP contribution in [-0.2, 0) is 0 Å². The van der Waals surface area contributed by atoms with E-state index >= 15 is 0 Å². The van der Waals surface area contributed by atoms with E-state index in [1.807, 2.05) is 19.1 Å². The fraction of sp³-hybridized carbons (Fsp3) is 0.556. The molecule has 4 heterocycles. The minimum absolute atomic E-state index is 0.134. The normalized spacial score (nSPS) is 20.4. The van der Waals surface area contributed by atoms with Gasteiger partial charge in [0.1, 0.15) is 5.69 Å². The third-order valence-electron chi connectivity index (χ3n) is 7.38. The van der Waals surface area contributed by atoms with E-state index in [2.05, 4.69) is 60.8 Å². The Bertz CT molecular complexity index is 1320. The molecule has 1 fully saturated rings. The minimum atomic E-state index is -0.637. The Labute approximate surface area is 211 Å². The van der Waals surface area contributed by atoms with E-state index in [1.165, 1.54) is 0 Å². The monoisotopic (exact) mass is 494 g/mol. The lowest BCUT2D eigenvalue weighted by Gasteiger charge is -2.30. The number of aromatic nitrogens is 5. The van der Waals surface area contributed by atoms with Gasteiger partial charge >= 0.3 is 5.76 Å². The van der Waals surface area contributed by atoms with Crippen LogP contribution in [0.2, 0.25) is 0 Å². The molecule has 3 aromatic rings. The van der Waals surface area contributed by atoms with Crippen LogP contribution >= 0.6 is 0 Å². The number of nitrogens with one attached hydrogen (secondary N) is 1. The van der Waals surface area contributed by atoms with Crippen molar-refractivity contribution in [2.75, 3.05) is 11.4 Å².